The molecule has 25 heavy (non-hydrogen) atoms. The van der Waals surface area contributed by atoms with Gasteiger partial charge >= 0.3 is 0 Å². The van der Waals surface area contributed by atoms with Gasteiger partial charge in [0.25, 0.3) is 0 Å². The molecule has 8 heteroatoms. The minimum absolute atomic E-state index is 0.0308. The minimum atomic E-state index is -2.66. The molecule has 0 radical (unpaired) electrons. The summed E-state index contributed by atoms with van der Waals surface area (Å²) in [6.07, 6.45) is 0. The number of allylic oxidation sites excluding steroid dienone is 1. The van der Waals surface area contributed by atoms with Crippen molar-refractivity contribution >= 4 is 61.4 Å². The fourth-order valence-corrected chi connectivity index (χ4v) is 3.42. The third-order valence-corrected chi connectivity index (χ3v) is 5.21. The molecular weight excluding hydrogens is 403 g/mol. The van der Waals surface area contributed by atoms with Crippen LogP contribution in [-0.2, 0) is 10.3 Å². The predicted molar refractivity (Wildman–Crippen MR) is 101 cm³/mol. The van der Waals surface area contributed by atoms with E-state index >= 15 is 0 Å². The number of aliphatic imine (C=N–C) groups is 1. The number of rotatable bonds is 2. The highest BCUT2D eigenvalue weighted by atomic mass is 35.5. The quantitative estimate of drug-likeness (QED) is 0.689. The van der Waals surface area contributed by atoms with Crippen molar-refractivity contribution < 1.29 is 8.42 Å². The van der Waals surface area contributed by atoms with E-state index in [9.17, 15) is 13.7 Å². The molecule has 0 spiro atoms. The molecule has 0 atom stereocenters. The Bertz CT molecular complexity index is 1120. The Hall–Kier alpha value is -2.10. The van der Waals surface area contributed by atoms with Crippen LogP contribution in [0.5, 0.6) is 0 Å². The van der Waals surface area contributed by atoms with Crippen molar-refractivity contribution in [2.24, 2.45) is 4.99 Å². The summed E-state index contributed by atoms with van der Waals surface area (Å²) >= 11 is 17.8. The predicted octanol–water partition coefficient (Wildman–Crippen LogP) is 4.44. The van der Waals surface area contributed by atoms with Gasteiger partial charge in [0.1, 0.15) is 16.5 Å². The average molecular weight is 410 g/mol. The van der Waals surface area contributed by atoms with Crippen molar-refractivity contribution in [3.05, 3.63) is 74.2 Å². The Morgan fingerprint density at radius 1 is 0.920 bits per heavy atom. The number of halogens is 3. The molecule has 0 bridgehead atoms. The van der Waals surface area contributed by atoms with Crippen molar-refractivity contribution in [2.45, 2.75) is 0 Å². The van der Waals surface area contributed by atoms with Gasteiger partial charge in [-0.2, -0.15) is 13.7 Å². The van der Waals surface area contributed by atoms with Gasteiger partial charge in [0, 0.05) is 16.1 Å². The van der Waals surface area contributed by atoms with Gasteiger partial charge in [0.2, 0.25) is 10.3 Å². The molecule has 0 amide bonds. The lowest BCUT2D eigenvalue weighted by Crippen LogP contribution is -2.14. The number of nitrogens with zero attached hydrogens (tertiary/aromatic N) is 2. The van der Waals surface area contributed by atoms with E-state index in [4.69, 9.17) is 34.8 Å². The van der Waals surface area contributed by atoms with E-state index in [0.717, 1.165) is 0 Å². The van der Waals surface area contributed by atoms with Crippen LogP contribution in [0.25, 0.3) is 5.70 Å². The second kappa shape index (κ2) is 7.03. The summed E-state index contributed by atoms with van der Waals surface area (Å²) in [5.74, 6) is 0. The van der Waals surface area contributed by atoms with Gasteiger partial charge in [0.15, 0.2) is 0 Å². The number of hydrogen-bond acceptors (Lipinski definition) is 4. The molecular formula is C17H7Cl3N2O2S. The first kappa shape index (κ1) is 17.7. The monoisotopic (exact) mass is 408 g/mol. The zero-order chi connectivity index (χ0) is 18.1. The van der Waals surface area contributed by atoms with E-state index in [0.29, 0.717) is 21.2 Å². The van der Waals surface area contributed by atoms with Gasteiger partial charge in [-0.15, -0.1) is 0 Å². The highest BCUT2D eigenvalue weighted by Crippen LogP contribution is 2.31. The zero-order valence-electron chi connectivity index (χ0n) is 12.3. The molecule has 3 rings (SSSR count). The summed E-state index contributed by atoms with van der Waals surface area (Å²) in [6.45, 7) is 0. The van der Waals surface area contributed by atoms with Crippen LogP contribution in [0.1, 0.15) is 11.1 Å². The van der Waals surface area contributed by atoms with Gasteiger partial charge in [-0.05, 0) is 24.3 Å². The van der Waals surface area contributed by atoms with Crippen LogP contribution in [-0.4, -0.2) is 19.0 Å². The molecule has 0 fully saturated rings. The lowest BCUT2D eigenvalue weighted by Gasteiger charge is -2.03. The zero-order valence-corrected chi connectivity index (χ0v) is 15.4. The Kier molecular flexibility index (Phi) is 4.98. The van der Waals surface area contributed by atoms with E-state index in [2.05, 4.69) is 4.99 Å². The van der Waals surface area contributed by atoms with E-state index in [1.165, 1.54) is 6.07 Å². The van der Waals surface area contributed by atoms with Crippen molar-refractivity contribution in [1.82, 2.24) is 0 Å². The molecule has 2 aromatic carbocycles. The number of benzene rings is 2. The minimum Gasteiger partial charge on any atom is -0.245 e. The van der Waals surface area contributed by atoms with E-state index < -0.39 is 10.3 Å². The molecule has 124 valence electrons. The molecule has 2 aromatic rings. The summed E-state index contributed by atoms with van der Waals surface area (Å²) < 4.78 is 23.5. The SMILES string of the molecule is N#CC1=C(c2ccc(Cl)cc2)N=C(c2ccc(Cl)c(Cl)c2)C1=S(=O)=O. The third-order valence-electron chi connectivity index (χ3n) is 3.49. The second-order valence-corrected chi connectivity index (χ2v) is 7.12. The molecule has 1 heterocycles. The largest absolute Gasteiger partial charge is 0.245 e. The summed E-state index contributed by atoms with van der Waals surface area (Å²) in [4.78, 5) is 4.21. The number of nitriles is 1. The number of hydrogen-bond donors (Lipinski definition) is 0. The van der Waals surface area contributed by atoms with Crippen LogP contribution in [0.4, 0.5) is 0 Å². The summed E-state index contributed by atoms with van der Waals surface area (Å²) in [6, 6.07) is 13.2. The van der Waals surface area contributed by atoms with Gasteiger partial charge < -0.3 is 0 Å². The molecule has 0 aliphatic carbocycles. The first-order valence-corrected chi connectivity index (χ1v) is 9.04. The van der Waals surface area contributed by atoms with Crippen molar-refractivity contribution in [2.75, 3.05) is 0 Å². The molecule has 1 aliphatic heterocycles. The maximum atomic E-state index is 11.8. The van der Waals surface area contributed by atoms with Crippen LogP contribution in [0.15, 0.2) is 53.0 Å². The summed E-state index contributed by atoms with van der Waals surface area (Å²) in [5.41, 5.74) is 1.41. The fourth-order valence-electron chi connectivity index (χ4n) is 2.37. The average Bonchev–Trinajstić information content (AvgIpc) is 2.97. The fraction of sp³-hybridized carbons (Fsp3) is 0. The standard InChI is InChI=1S/C17H7Cl3N2O2S/c18-11-4-1-9(2-5-11)15-12(8-21)17(25(23)24)16(22-15)10-3-6-13(19)14(20)7-10/h1-7H. The lowest BCUT2D eigenvalue weighted by molar-refractivity contribution is 0.627. The van der Waals surface area contributed by atoms with Gasteiger partial charge in [-0.3, -0.25) is 0 Å². The Morgan fingerprint density at radius 2 is 1.56 bits per heavy atom. The van der Waals surface area contributed by atoms with Crippen LogP contribution < -0.4 is 0 Å². The normalized spacial score (nSPS) is 13.7. The summed E-state index contributed by atoms with van der Waals surface area (Å²) in [7, 11) is -2.66. The van der Waals surface area contributed by atoms with Crippen molar-refractivity contribution in [3.8, 4) is 6.07 Å². The smallest absolute Gasteiger partial charge is 0.225 e. The first-order chi connectivity index (χ1) is 11.9. The maximum absolute atomic E-state index is 11.8. The van der Waals surface area contributed by atoms with Crippen molar-refractivity contribution in [3.63, 3.8) is 0 Å². The first-order valence-electron chi connectivity index (χ1n) is 6.83. The molecule has 0 saturated heterocycles. The molecule has 1 aliphatic rings. The van der Waals surface area contributed by atoms with Gasteiger partial charge in [0.05, 0.1) is 21.5 Å². The highest BCUT2D eigenvalue weighted by molar-refractivity contribution is 7.75. The van der Waals surface area contributed by atoms with Gasteiger partial charge in [-0.1, -0.05) is 53.0 Å². The van der Waals surface area contributed by atoms with Crippen LogP contribution in [0, 0.1) is 11.3 Å². The Labute approximate surface area is 160 Å². The van der Waals surface area contributed by atoms with Crippen LogP contribution >= 0.6 is 34.8 Å². The molecule has 0 aromatic heterocycles. The topological polar surface area (TPSA) is 70.3 Å². The second-order valence-electron chi connectivity index (χ2n) is 5.00. The van der Waals surface area contributed by atoms with E-state index in [1.54, 1.807) is 36.4 Å². The van der Waals surface area contributed by atoms with Crippen LogP contribution in [0.2, 0.25) is 15.1 Å². The molecule has 0 N–H and O–H groups in total. The molecule has 0 unspecified atom stereocenters. The lowest BCUT2D eigenvalue weighted by atomic mass is 10.0. The van der Waals surface area contributed by atoms with E-state index in [-0.39, 0.29) is 26.9 Å². The third kappa shape index (κ3) is 3.35. The molecule has 0 saturated carbocycles. The van der Waals surface area contributed by atoms with Crippen LogP contribution in [0.3, 0.4) is 0 Å². The van der Waals surface area contributed by atoms with E-state index in [1.807, 2.05) is 6.07 Å². The highest BCUT2D eigenvalue weighted by Gasteiger charge is 2.29. The summed E-state index contributed by atoms with van der Waals surface area (Å²) in [5, 5.41) is 10.6. The van der Waals surface area contributed by atoms with Gasteiger partial charge in [-0.25, -0.2) is 4.99 Å². The van der Waals surface area contributed by atoms with Crippen molar-refractivity contribution in [1.29, 1.82) is 5.26 Å². The Morgan fingerprint density at radius 3 is 2.12 bits per heavy atom. The molecule has 4 nitrogen and oxygen atoms in total. The Balaban J connectivity index is 2.26. The maximum Gasteiger partial charge on any atom is 0.225 e.